The molecule has 3 heteroatoms. The molecule has 0 bridgehead atoms. The zero-order valence-electron chi connectivity index (χ0n) is 12.1. The Morgan fingerprint density at radius 1 is 1.28 bits per heavy atom. The Morgan fingerprint density at radius 2 is 1.94 bits per heavy atom. The molecule has 0 heterocycles. The minimum absolute atomic E-state index is 0.0436. The largest absolute Gasteiger partial charge is 0.497 e. The van der Waals surface area contributed by atoms with Crippen LogP contribution in [-0.2, 0) is 4.74 Å². The van der Waals surface area contributed by atoms with Crippen molar-refractivity contribution in [1.82, 2.24) is 0 Å². The number of benzene rings is 1. The highest BCUT2D eigenvalue weighted by atomic mass is 16.5. The Morgan fingerprint density at radius 3 is 2.39 bits per heavy atom. The van der Waals surface area contributed by atoms with E-state index >= 15 is 0 Å². The first-order chi connectivity index (χ1) is 8.51. The van der Waals surface area contributed by atoms with Crippen LogP contribution in [0.5, 0.6) is 5.75 Å². The molecular weight excluding hydrogens is 226 g/mol. The molecule has 0 aliphatic heterocycles. The van der Waals surface area contributed by atoms with Gasteiger partial charge in [0.15, 0.2) is 0 Å². The third kappa shape index (κ3) is 3.47. The van der Waals surface area contributed by atoms with Crippen LogP contribution in [-0.4, -0.2) is 19.8 Å². The second-order valence-corrected chi connectivity index (χ2v) is 4.91. The van der Waals surface area contributed by atoms with Crippen LogP contribution in [0.2, 0.25) is 0 Å². The van der Waals surface area contributed by atoms with Gasteiger partial charge in [-0.1, -0.05) is 19.9 Å². The Kier molecular flexibility index (Phi) is 5.63. The van der Waals surface area contributed by atoms with Gasteiger partial charge in [0, 0.05) is 6.61 Å². The van der Waals surface area contributed by atoms with E-state index in [0.717, 1.165) is 16.9 Å². The number of aryl methyl sites for hydroxylation is 1. The van der Waals surface area contributed by atoms with Crippen molar-refractivity contribution < 1.29 is 9.47 Å². The van der Waals surface area contributed by atoms with Gasteiger partial charge in [-0.05, 0) is 43.0 Å². The van der Waals surface area contributed by atoms with E-state index in [1.165, 1.54) is 0 Å². The summed E-state index contributed by atoms with van der Waals surface area (Å²) in [4.78, 5) is 0. The standard InChI is InChI=1S/C15H25NO2/c1-6-18-15(10(2)3)14(16)13-8-7-12(17-5)9-11(13)4/h7-10,14-15H,6,16H2,1-5H3. The van der Waals surface area contributed by atoms with Crippen molar-refractivity contribution >= 4 is 0 Å². The fourth-order valence-electron chi connectivity index (χ4n) is 2.23. The molecule has 2 unspecified atom stereocenters. The zero-order chi connectivity index (χ0) is 13.7. The van der Waals surface area contributed by atoms with Crippen LogP contribution in [0.3, 0.4) is 0 Å². The van der Waals surface area contributed by atoms with Crippen molar-refractivity contribution in [2.24, 2.45) is 11.7 Å². The molecule has 102 valence electrons. The molecule has 0 aliphatic carbocycles. The van der Waals surface area contributed by atoms with Crippen LogP contribution in [0.15, 0.2) is 18.2 Å². The summed E-state index contributed by atoms with van der Waals surface area (Å²) < 4.78 is 11.0. The molecule has 1 aromatic carbocycles. The van der Waals surface area contributed by atoms with Gasteiger partial charge in [0.05, 0.1) is 19.3 Å². The maximum atomic E-state index is 6.35. The lowest BCUT2D eigenvalue weighted by molar-refractivity contribution is 0.0120. The average molecular weight is 251 g/mol. The summed E-state index contributed by atoms with van der Waals surface area (Å²) in [6.45, 7) is 9.02. The third-order valence-electron chi connectivity index (χ3n) is 3.21. The highest BCUT2D eigenvalue weighted by Gasteiger charge is 2.24. The highest BCUT2D eigenvalue weighted by Crippen LogP contribution is 2.27. The number of hydrogen-bond acceptors (Lipinski definition) is 3. The van der Waals surface area contributed by atoms with Gasteiger partial charge in [0.1, 0.15) is 5.75 Å². The van der Waals surface area contributed by atoms with E-state index in [4.69, 9.17) is 15.2 Å². The molecule has 1 aromatic rings. The predicted molar refractivity (Wildman–Crippen MR) is 74.9 cm³/mol. The second kappa shape index (κ2) is 6.76. The normalized spacial score (nSPS) is 14.6. The van der Waals surface area contributed by atoms with Crippen LogP contribution < -0.4 is 10.5 Å². The SMILES string of the molecule is CCOC(C(C)C)C(N)c1ccc(OC)cc1C. The predicted octanol–water partition coefficient (Wildman–Crippen LogP) is 3.06. The Bertz CT molecular complexity index is 377. The van der Waals surface area contributed by atoms with Crippen molar-refractivity contribution in [3.05, 3.63) is 29.3 Å². The lowest BCUT2D eigenvalue weighted by Gasteiger charge is -2.28. The fraction of sp³-hybridized carbons (Fsp3) is 0.600. The number of rotatable bonds is 6. The summed E-state index contributed by atoms with van der Waals surface area (Å²) >= 11 is 0. The number of methoxy groups -OCH3 is 1. The summed E-state index contributed by atoms with van der Waals surface area (Å²) in [7, 11) is 1.67. The van der Waals surface area contributed by atoms with E-state index in [-0.39, 0.29) is 12.1 Å². The Hall–Kier alpha value is -1.06. The molecule has 0 aliphatic rings. The van der Waals surface area contributed by atoms with Gasteiger partial charge >= 0.3 is 0 Å². The topological polar surface area (TPSA) is 44.5 Å². The maximum Gasteiger partial charge on any atom is 0.119 e. The fourth-order valence-corrected chi connectivity index (χ4v) is 2.23. The molecule has 18 heavy (non-hydrogen) atoms. The molecule has 2 N–H and O–H groups in total. The van der Waals surface area contributed by atoms with Crippen LogP contribution in [0.25, 0.3) is 0 Å². The number of ether oxygens (including phenoxy) is 2. The van der Waals surface area contributed by atoms with Crippen LogP contribution in [0.4, 0.5) is 0 Å². The minimum atomic E-state index is -0.101. The van der Waals surface area contributed by atoms with Crippen molar-refractivity contribution in [2.45, 2.75) is 39.8 Å². The van der Waals surface area contributed by atoms with Crippen LogP contribution >= 0.6 is 0 Å². The summed E-state index contributed by atoms with van der Waals surface area (Å²) in [5.74, 6) is 1.25. The molecule has 0 spiro atoms. The van der Waals surface area contributed by atoms with E-state index in [1.807, 2.05) is 25.1 Å². The van der Waals surface area contributed by atoms with Crippen molar-refractivity contribution in [1.29, 1.82) is 0 Å². The highest BCUT2D eigenvalue weighted by molar-refractivity contribution is 5.37. The van der Waals surface area contributed by atoms with E-state index in [9.17, 15) is 0 Å². The molecule has 0 saturated carbocycles. The van der Waals surface area contributed by atoms with Gasteiger partial charge in [0.2, 0.25) is 0 Å². The smallest absolute Gasteiger partial charge is 0.119 e. The lowest BCUT2D eigenvalue weighted by atomic mass is 9.91. The van der Waals surface area contributed by atoms with Gasteiger partial charge in [-0.3, -0.25) is 0 Å². The minimum Gasteiger partial charge on any atom is -0.497 e. The molecule has 0 amide bonds. The monoisotopic (exact) mass is 251 g/mol. The van der Waals surface area contributed by atoms with Crippen molar-refractivity contribution in [2.75, 3.05) is 13.7 Å². The van der Waals surface area contributed by atoms with Crippen molar-refractivity contribution in [3.63, 3.8) is 0 Å². The molecule has 3 nitrogen and oxygen atoms in total. The summed E-state index contributed by atoms with van der Waals surface area (Å²) in [6.07, 6.45) is 0.0436. The van der Waals surface area contributed by atoms with Crippen LogP contribution in [0, 0.1) is 12.8 Å². The molecule has 0 fully saturated rings. The maximum absolute atomic E-state index is 6.35. The first kappa shape index (κ1) is 15.0. The quantitative estimate of drug-likeness (QED) is 0.845. The third-order valence-corrected chi connectivity index (χ3v) is 3.21. The number of nitrogens with two attached hydrogens (primary N) is 1. The second-order valence-electron chi connectivity index (χ2n) is 4.91. The van der Waals surface area contributed by atoms with E-state index in [2.05, 4.69) is 20.8 Å². The van der Waals surface area contributed by atoms with Gasteiger partial charge in [-0.2, -0.15) is 0 Å². The molecule has 1 rings (SSSR count). The van der Waals surface area contributed by atoms with Gasteiger partial charge in [-0.25, -0.2) is 0 Å². The van der Waals surface area contributed by atoms with Gasteiger partial charge in [0.25, 0.3) is 0 Å². The molecular formula is C15H25NO2. The van der Waals surface area contributed by atoms with E-state index in [0.29, 0.717) is 12.5 Å². The summed E-state index contributed by atoms with van der Waals surface area (Å²) in [6, 6.07) is 5.90. The Balaban J connectivity index is 2.97. The average Bonchev–Trinajstić information content (AvgIpc) is 2.34. The Labute approximate surface area is 110 Å². The van der Waals surface area contributed by atoms with Crippen LogP contribution in [0.1, 0.15) is 37.9 Å². The summed E-state index contributed by atoms with van der Waals surface area (Å²) in [5, 5.41) is 0. The summed E-state index contributed by atoms with van der Waals surface area (Å²) in [5.41, 5.74) is 8.63. The molecule has 2 atom stereocenters. The van der Waals surface area contributed by atoms with Gasteiger partial charge in [-0.15, -0.1) is 0 Å². The number of hydrogen-bond donors (Lipinski definition) is 1. The first-order valence-electron chi connectivity index (χ1n) is 6.53. The van der Waals surface area contributed by atoms with Crippen molar-refractivity contribution in [3.8, 4) is 5.75 Å². The molecule has 0 radical (unpaired) electrons. The van der Waals surface area contributed by atoms with E-state index < -0.39 is 0 Å². The molecule has 0 saturated heterocycles. The van der Waals surface area contributed by atoms with E-state index in [1.54, 1.807) is 7.11 Å². The van der Waals surface area contributed by atoms with Gasteiger partial charge < -0.3 is 15.2 Å². The lowest BCUT2D eigenvalue weighted by Crippen LogP contribution is -2.33. The first-order valence-corrected chi connectivity index (χ1v) is 6.53. The molecule has 0 aromatic heterocycles. The zero-order valence-corrected chi connectivity index (χ0v) is 12.1.